The third kappa shape index (κ3) is 5.07. The highest BCUT2D eigenvalue weighted by atomic mass is 32.2. The second-order valence-electron chi connectivity index (χ2n) is 6.58. The van der Waals surface area contributed by atoms with Crippen LogP contribution >= 0.6 is 0 Å². The Morgan fingerprint density at radius 3 is 2.62 bits per heavy atom. The van der Waals surface area contributed by atoms with Crippen LogP contribution < -0.4 is 10.0 Å². The highest BCUT2D eigenvalue weighted by Gasteiger charge is 2.17. The van der Waals surface area contributed by atoms with E-state index in [2.05, 4.69) is 15.1 Å². The molecule has 0 atom stereocenters. The Kier molecular flexibility index (Phi) is 6.09. The number of anilines is 1. The van der Waals surface area contributed by atoms with Crippen LogP contribution in [0.15, 0.2) is 59.8 Å². The molecule has 3 aromatic rings. The van der Waals surface area contributed by atoms with Crippen molar-refractivity contribution >= 4 is 21.6 Å². The van der Waals surface area contributed by atoms with Gasteiger partial charge in [-0.25, -0.2) is 22.2 Å². The molecular weight excluding hydrogens is 395 g/mol. The second-order valence-corrected chi connectivity index (χ2v) is 8.32. The van der Waals surface area contributed by atoms with Gasteiger partial charge in [0.15, 0.2) is 5.82 Å². The van der Waals surface area contributed by atoms with Crippen LogP contribution in [-0.2, 0) is 14.8 Å². The van der Waals surface area contributed by atoms with Gasteiger partial charge in [-0.3, -0.25) is 4.79 Å². The first-order valence-corrected chi connectivity index (χ1v) is 10.4. The van der Waals surface area contributed by atoms with Gasteiger partial charge in [0.05, 0.1) is 4.90 Å². The lowest BCUT2D eigenvalue weighted by Gasteiger charge is -2.11. The number of nitrogens with one attached hydrogen (secondary N) is 2. The predicted octanol–water partition coefficient (Wildman–Crippen LogP) is 2.94. The van der Waals surface area contributed by atoms with Crippen LogP contribution in [0.25, 0.3) is 5.69 Å². The van der Waals surface area contributed by atoms with Crippen molar-refractivity contribution in [1.29, 1.82) is 0 Å². The van der Waals surface area contributed by atoms with Gasteiger partial charge < -0.3 is 5.32 Å². The van der Waals surface area contributed by atoms with Crippen LogP contribution in [0.4, 0.5) is 10.1 Å². The zero-order valence-electron chi connectivity index (χ0n) is 16.0. The highest BCUT2D eigenvalue weighted by Crippen LogP contribution is 2.18. The van der Waals surface area contributed by atoms with Gasteiger partial charge in [-0.1, -0.05) is 17.7 Å². The lowest BCUT2D eigenvalue weighted by Crippen LogP contribution is -2.28. The van der Waals surface area contributed by atoms with E-state index in [9.17, 15) is 17.6 Å². The predicted molar refractivity (Wildman–Crippen MR) is 108 cm³/mol. The molecule has 0 saturated heterocycles. The molecule has 1 heterocycles. The summed E-state index contributed by atoms with van der Waals surface area (Å²) in [5.41, 5.74) is 2.14. The summed E-state index contributed by atoms with van der Waals surface area (Å²) in [5.74, 6) is -0.971. The minimum absolute atomic E-state index is 0.0741. The first kappa shape index (κ1) is 20.7. The molecule has 3 rings (SSSR count). The highest BCUT2D eigenvalue weighted by molar-refractivity contribution is 7.89. The van der Waals surface area contributed by atoms with Crippen LogP contribution in [0.5, 0.6) is 0 Å². The van der Waals surface area contributed by atoms with Gasteiger partial charge in [0.1, 0.15) is 5.69 Å². The zero-order chi connectivity index (χ0) is 21.0. The third-order valence-corrected chi connectivity index (χ3v) is 5.87. The Balaban J connectivity index is 1.57. The Bertz CT molecular complexity index is 1130. The Morgan fingerprint density at radius 2 is 1.97 bits per heavy atom. The molecule has 2 aromatic carbocycles. The quantitative estimate of drug-likeness (QED) is 0.619. The minimum Gasteiger partial charge on any atom is -0.326 e. The van der Waals surface area contributed by atoms with E-state index in [0.717, 1.165) is 5.56 Å². The maximum absolute atomic E-state index is 14.2. The van der Waals surface area contributed by atoms with Crippen LogP contribution in [0.3, 0.4) is 0 Å². The van der Waals surface area contributed by atoms with E-state index in [1.165, 1.54) is 29.1 Å². The fourth-order valence-electron chi connectivity index (χ4n) is 2.88. The van der Waals surface area contributed by atoms with E-state index in [4.69, 9.17) is 0 Å². The molecule has 0 unspecified atom stereocenters. The van der Waals surface area contributed by atoms with Crippen molar-refractivity contribution in [3.05, 3.63) is 71.8 Å². The topological polar surface area (TPSA) is 93.1 Å². The SMILES string of the molecule is Cc1ccc(S(=O)(=O)NCCC(=O)Nc2ccc(-n3cccn3)c(F)c2)c(C)c1. The molecule has 0 spiro atoms. The molecule has 29 heavy (non-hydrogen) atoms. The van der Waals surface area contributed by atoms with Crippen molar-refractivity contribution in [3.8, 4) is 5.69 Å². The molecule has 0 radical (unpaired) electrons. The number of hydrogen-bond donors (Lipinski definition) is 2. The molecule has 2 N–H and O–H groups in total. The number of aryl methyl sites for hydroxylation is 2. The maximum Gasteiger partial charge on any atom is 0.240 e. The molecule has 0 aliphatic heterocycles. The molecule has 0 bridgehead atoms. The number of hydrogen-bond acceptors (Lipinski definition) is 4. The molecule has 0 aliphatic carbocycles. The molecule has 9 heteroatoms. The lowest BCUT2D eigenvalue weighted by molar-refractivity contribution is -0.116. The van der Waals surface area contributed by atoms with Crippen LogP contribution in [0.2, 0.25) is 0 Å². The summed E-state index contributed by atoms with van der Waals surface area (Å²) in [5, 5.41) is 6.52. The van der Waals surface area contributed by atoms with Crippen molar-refractivity contribution in [3.63, 3.8) is 0 Å². The molecule has 7 nitrogen and oxygen atoms in total. The summed E-state index contributed by atoms with van der Waals surface area (Å²) < 4.78 is 42.8. The van der Waals surface area contributed by atoms with E-state index in [1.807, 2.05) is 6.92 Å². The minimum atomic E-state index is -3.71. The standard InChI is InChI=1S/C20H21FN4O3S/c1-14-4-7-19(15(2)12-14)29(27,28)23-10-8-20(26)24-16-5-6-18(17(21)13-16)25-11-3-9-22-25/h3-7,9,11-13,23H,8,10H2,1-2H3,(H,24,26). The van der Waals surface area contributed by atoms with E-state index >= 15 is 0 Å². The third-order valence-electron chi connectivity index (χ3n) is 4.25. The van der Waals surface area contributed by atoms with Gasteiger partial charge in [-0.2, -0.15) is 5.10 Å². The van der Waals surface area contributed by atoms with Crippen molar-refractivity contribution in [2.75, 3.05) is 11.9 Å². The first-order valence-electron chi connectivity index (χ1n) is 8.92. The summed E-state index contributed by atoms with van der Waals surface area (Å²) in [6.07, 6.45) is 3.06. The Labute approximate surface area is 168 Å². The number of sulfonamides is 1. The smallest absolute Gasteiger partial charge is 0.240 e. The van der Waals surface area contributed by atoms with Gasteiger partial charge in [0, 0.05) is 31.0 Å². The normalized spacial score (nSPS) is 11.4. The molecule has 0 saturated carbocycles. The number of nitrogens with zero attached hydrogens (tertiary/aromatic N) is 2. The molecule has 152 valence electrons. The van der Waals surface area contributed by atoms with Gasteiger partial charge in [0.25, 0.3) is 0 Å². The Hall–Kier alpha value is -3.04. The number of benzene rings is 2. The molecule has 0 fully saturated rings. The second kappa shape index (κ2) is 8.54. The van der Waals surface area contributed by atoms with Crippen molar-refractivity contribution in [1.82, 2.24) is 14.5 Å². The summed E-state index contributed by atoms with van der Waals surface area (Å²) in [7, 11) is -3.71. The van der Waals surface area contributed by atoms with E-state index in [0.29, 0.717) is 5.56 Å². The lowest BCUT2D eigenvalue weighted by atomic mass is 10.2. The van der Waals surface area contributed by atoms with E-state index in [-0.39, 0.29) is 29.2 Å². The fourth-order valence-corrected chi connectivity index (χ4v) is 4.14. The summed E-state index contributed by atoms with van der Waals surface area (Å²) in [6, 6.07) is 11.0. The average Bonchev–Trinajstić information content (AvgIpc) is 3.15. The number of amides is 1. The fraction of sp³-hybridized carbons (Fsp3) is 0.200. The summed E-state index contributed by atoms with van der Waals surface area (Å²) in [4.78, 5) is 12.3. The molecule has 1 aromatic heterocycles. The maximum atomic E-state index is 14.2. The van der Waals surface area contributed by atoms with Gasteiger partial charge in [0.2, 0.25) is 15.9 Å². The monoisotopic (exact) mass is 416 g/mol. The average molecular weight is 416 g/mol. The van der Waals surface area contributed by atoms with Crippen molar-refractivity contribution in [2.45, 2.75) is 25.2 Å². The van der Waals surface area contributed by atoms with Gasteiger partial charge in [-0.05, 0) is 49.7 Å². The number of rotatable bonds is 7. The van der Waals surface area contributed by atoms with Crippen molar-refractivity contribution in [2.24, 2.45) is 0 Å². The van der Waals surface area contributed by atoms with Crippen LogP contribution in [-0.4, -0.2) is 30.7 Å². The molecule has 1 amide bonds. The number of carbonyl (C=O) groups is 1. The van der Waals surface area contributed by atoms with Gasteiger partial charge in [-0.15, -0.1) is 0 Å². The van der Waals surface area contributed by atoms with E-state index in [1.54, 1.807) is 37.4 Å². The Morgan fingerprint density at radius 1 is 1.17 bits per heavy atom. The van der Waals surface area contributed by atoms with Gasteiger partial charge >= 0.3 is 0 Å². The summed E-state index contributed by atoms with van der Waals surface area (Å²) >= 11 is 0. The first-order chi connectivity index (χ1) is 13.8. The number of carbonyl (C=O) groups excluding carboxylic acids is 1. The zero-order valence-corrected chi connectivity index (χ0v) is 16.8. The van der Waals surface area contributed by atoms with Crippen molar-refractivity contribution < 1.29 is 17.6 Å². The summed E-state index contributed by atoms with van der Waals surface area (Å²) in [6.45, 7) is 3.52. The number of halogens is 1. The molecule has 0 aliphatic rings. The van der Waals surface area contributed by atoms with Crippen LogP contribution in [0.1, 0.15) is 17.5 Å². The number of aromatic nitrogens is 2. The van der Waals surface area contributed by atoms with Crippen LogP contribution in [0, 0.1) is 19.7 Å². The largest absolute Gasteiger partial charge is 0.326 e. The molecular formula is C20H21FN4O3S. The van der Waals surface area contributed by atoms with E-state index < -0.39 is 21.7 Å².